The van der Waals surface area contributed by atoms with Gasteiger partial charge >= 0.3 is 0 Å². The quantitative estimate of drug-likeness (QED) is 0.309. The largest absolute Gasteiger partial charge is 0.356 e. The summed E-state index contributed by atoms with van der Waals surface area (Å²) in [6.07, 6.45) is 2.76. The molecule has 132 valence electrons. The number of aliphatic imine (C=N–C) groups is 1. The first-order valence-corrected chi connectivity index (χ1v) is 8.68. The molecule has 0 aliphatic heterocycles. The first kappa shape index (κ1) is 20.8. The third-order valence-electron chi connectivity index (χ3n) is 3.34. The van der Waals surface area contributed by atoms with Crippen molar-refractivity contribution in [2.24, 2.45) is 4.99 Å². The summed E-state index contributed by atoms with van der Waals surface area (Å²) in [4.78, 5) is 11.9. The van der Waals surface area contributed by atoms with Crippen LogP contribution in [0.5, 0.6) is 0 Å². The van der Waals surface area contributed by atoms with Gasteiger partial charge < -0.3 is 14.7 Å². The molecule has 2 rings (SSSR count). The summed E-state index contributed by atoms with van der Waals surface area (Å²) in [5.41, 5.74) is 1.25. The van der Waals surface area contributed by atoms with Crippen LogP contribution in [0.2, 0.25) is 0 Å². The second kappa shape index (κ2) is 10.5. The summed E-state index contributed by atoms with van der Waals surface area (Å²) in [5.74, 6) is 2.14. The zero-order valence-corrected chi connectivity index (χ0v) is 17.6. The fraction of sp³-hybridized carbons (Fsp3) is 0.438. The van der Waals surface area contributed by atoms with Crippen LogP contribution in [-0.2, 0) is 13.0 Å². The van der Waals surface area contributed by atoms with Crippen LogP contribution < -0.4 is 5.32 Å². The lowest BCUT2D eigenvalue weighted by Crippen LogP contribution is -2.39. The molecule has 0 unspecified atom stereocenters. The van der Waals surface area contributed by atoms with E-state index in [9.17, 15) is 0 Å². The molecule has 1 aromatic carbocycles. The lowest BCUT2D eigenvalue weighted by molar-refractivity contribution is 0.373. The maximum absolute atomic E-state index is 5.10. The van der Waals surface area contributed by atoms with Gasteiger partial charge in [0.25, 0.3) is 0 Å². The SMILES string of the molecule is CN=C(NCCc1nc(C)no1)N(C)Cc1ccc(SC)cc1.I. The van der Waals surface area contributed by atoms with E-state index in [1.807, 2.05) is 14.0 Å². The Morgan fingerprint density at radius 2 is 2.04 bits per heavy atom. The van der Waals surface area contributed by atoms with Gasteiger partial charge in [-0.2, -0.15) is 4.98 Å². The Morgan fingerprint density at radius 3 is 2.58 bits per heavy atom. The number of aromatic nitrogens is 2. The van der Waals surface area contributed by atoms with Crippen molar-refractivity contribution >= 4 is 41.7 Å². The molecule has 2 aromatic rings. The molecule has 1 heterocycles. The molecule has 1 N–H and O–H groups in total. The van der Waals surface area contributed by atoms with Crippen molar-refractivity contribution in [3.63, 3.8) is 0 Å². The summed E-state index contributed by atoms with van der Waals surface area (Å²) < 4.78 is 5.10. The number of guanidine groups is 1. The molecular weight excluding hydrogens is 437 g/mol. The van der Waals surface area contributed by atoms with Crippen LogP contribution in [0.15, 0.2) is 38.7 Å². The van der Waals surface area contributed by atoms with Crippen LogP contribution in [0.4, 0.5) is 0 Å². The van der Waals surface area contributed by atoms with Crippen molar-refractivity contribution in [2.75, 3.05) is 26.9 Å². The van der Waals surface area contributed by atoms with Crippen molar-refractivity contribution in [1.82, 2.24) is 20.4 Å². The molecule has 8 heteroatoms. The highest BCUT2D eigenvalue weighted by molar-refractivity contribution is 14.0. The monoisotopic (exact) mass is 461 g/mol. The van der Waals surface area contributed by atoms with Gasteiger partial charge in [-0.05, 0) is 30.9 Å². The minimum Gasteiger partial charge on any atom is -0.356 e. The first-order valence-electron chi connectivity index (χ1n) is 7.46. The highest BCUT2D eigenvalue weighted by atomic mass is 127. The van der Waals surface area contributed by atoms with E-state index in [1.54, 1.807) is 18.8 Å². The molecule has 1 aromatic heterocycles. The van der Waals surface area contributed by atoms with Crippen molar-refractivity contribution in [3.05, 3.63) is 41.5 Å². The smallest absolute Gasteiger partial charge is 0.228 e. The second-order valence-corrected chi connectivity index (χ2v) is 6.04. The van der Waals surface area contributed by atoms with E-state index in [1.165, 1.54) is 10.5 Å². The fourth-order valence-electron chi connectivity index (χ4n) is 2.19. The number of hydrogen-bond acceptors (Lipinski definition) is 5. The topological polar surface area (TPSA) is 66.5 Å². The Morgan fingerprint density at radius 1 is 1.33 bits per heavy atom. The maximum Gasteiger partial charge on any atom is 0.228 e. The van der Waals surface area contributed by atoms with Gasteiger partial charge in [0.1, 0.15) is 0 Å². The van der Waals surface area contributed by atoms with Gasteiger partial charge in [-0.3, -0.25) is 4.99 Å². The molecule has 0 amide bonds. The van der Waals surface area contributed by atoms with Crippen molar-refractivity contribution in [1.29, 1.82) is 0 Å². The van der Waals surface area contributed by atoms with E-state index < -0.39 is 0 Å². The molecule has 0 radical (unpaired) electrons. The molecule has 0 bridgehead atoms. The number of thioether (sulfide) groups is 1. The van der Waals surface area contributed by atoms with Crippen LogP contribution in [-0.4, -0.2) is 47.9 Å². The molecule has 0 spiro atoms. The highest BCUT2D eigenvalue weighted by Gasteiger charge is 2.08. The number of aryl methyl sites for hydroxylation is 1. The summed E-state index contributed by atoms with van der Waals surface area (Å²) in [6.45, 7) is 3.31. The summed E-state index contributed by atoms with van der Waals surface area (Å²) in [7, 11) is 3.81. The Kier molecular flexibility index (Phi) is 9.12. The zero-order valence-electron chi connectivity index (χ0n) is 14.4. The van der Waals surface area contributed by atoms with Gasteiger partial charge in [0, 0.05) is 38.5 Å². The van der Waals surface area contributed by atoms with Crippen molar-refractivity contribution < 1.29 is 4.52 Å². The number of benzene rings is 1. The van der Waals surface area contributed by atoms with Crippen LogP contribution in [0.3, 0.4) is 0 Å². The van der Waals surface area contributed by atoms with Crippen LogP contribution in [0, 0.1) is 6.92 Å². The van der Waals surface area contributed by atoms with Gasteiger partial charge in [0.15, 0.2) is 11.8 Å². The van der Waals surface area contributed by atoms with Crippen LogP contribution in [0.25, 0.3) is 0 Å². The van der Waals surface area contributed by atoms with Crippen molar-refractivity contribution in [3.8, 4) is 0 Å². The molecule has 0 saturated heterocycles. The minimum absolute atomic E-state index is 0. The van der Waals surface area contributed by atoms with E-state index in [2.05, 4.69) is 55.9 Å². The summed E-state index contributed by atoms with van der Waals surface area (Å²) in [5, 5.41) is 7.10. The first-order chi connectivity index (χ1) is 11.1. The van der Waals surface area contributed by atoms with E-state index >= 15 is 0 Å². The number of nitrogens with one attached hydrogen (secondary N) is 1. The predicted octanol–water partition coefficient (Wildman–Crippen LogP) is 2.97. The standard InChI is InChI=1S/C16H23N5OS.HI/c1-12-19-15(22-20-12)9-10-18-16(17-2)21(3)11-13-5-7-14(23-4)8-6-13;/h5-8H,9-11H2,1-4H3,(H,17,18);1H. The van der Waals surface area contributed by atoms with Crippen LogP contribution >= 0.6 is 35.7 Å². The summed E-state index contributed by atoms with van der Waals surface area (Å²) >= 11 is 1.75. The zero-order chi connectivity index (χ0) is 16.7. The van der Waals surface area contributed by atoms with Crippen LogP contribution in [0.1, 0.15) is 17.3 Å². The van der Waals surface area contributed by atoms with Gasteiger partial charge in [-0.15, -0.1) is 35.7 Å². The Balaban J connectivity index is 0.00000288. The lowest BCUT2D eigenvalue weighted by Gasteiger charge is -2.22. The fourth-order valence-corrected chi connectivity index (χ4v) is 2.60. The van der Waals surface area contributed by atoms with E-state index in [0.29, 0.717) is 24.7 Å². The molecule has 0 fully saturated rings. The lowest BCUT2D eigenvalue weighted by atomic mass is 10.2. The van der Waals surface area contributed by atoms with Crippen molar-refractivity contribution in [2.45, 2.75) is 24.8 Å². The van der Waals surface area contributed by atoms with Gasteiger partial charge in [0.2, 0.25) is 5.89 Å². The number of hydrogen-bond donors (Lipinski definition) is 1. The Labute approximate surface area is 164 Å². The number of nitrogens with zero attached hydrogens (tertiary/aromatic N) is 4. The number of rotatable bonds is 6. The van der Waals surface area contributed by atoms with E-state index in [-0.39, 0.29) is 24.0 Å². The van der Waals surface area contributed by atoms with Gasteiger partial charge in [-0.25, -0.2) is 0 Å². The number of halogens is 1. The minimum atomic E-state index is 0. The van der Waals surface area contributed by atoms with Gasteiger partial charge in [0.05, 0.1) is 0 Å². The third kappa shape index (κ3) is 6.31. The normalized spacial score (nSPS) is 11.1. The Bertz CT molecular complexity index is 644. The molecule has 24 heavy (non-hydrogen) atoms. The second-order valence-electron chi connectivity index (χ2n) is 5.16. The average molecular weight is 461 g/mol. The molecular formula is C16H24IN5OS. The molecule has 0 aliphatic rings. The summed E-state index contributed by atoms with van der Waals surface area (Å²) in [6, 6.07) is 8.58. The average Bonchev–Trinajstić information content (AvgIpc) is 2.97. The third-order valence-corrected chi connectivity index (χ3v) is 4.09. The molecule has 0 saturated carbocycles. The molecule has 6 nitrogen and oxygen atoms in total. The van der Waals surface area contributed by atoms with Gasteiger partial charge in [-0.1, -0.05) is 17.3 Å². The predicted molar refractivity (Wildman–Crippen MR) is 109 cm³/mol. The maximum atomic E-state index is 5.10. The Hall–Kier alpha value is -1.29. The highest BCUT2D eigenvalue weighted by Crippen LogP contribution is 2.15. The molecule has 0 atom stereocenters. The molecule has 0 aliphatic carbocycles. The van der Waals surface area contributed by atoms with E-state index in [0.717, 1.165) is 12.5 Å². The van der Waals surface area contributed by atoms with E-state index in [4.69, 9.17) is 4.52 Å².